The number of nitrogens with two attached hydrogens (primary N) is 1. The Kier molecular flexibility index (Phi) is 3.84. The summed E-state index contributed by atoms with van der Waals surface area (Å²) in [5.41, 5.74) is 9.40. The van der Waals surface area contributed by atoms with Crippen LogP contribution in [0.1, 0.15) is 15.2 Å². The van der Waals surface area contributed by atoms with Gasteiger partial charge in [0.05, 0.1) is 11.2 Å². The minimum atomic E-state index is -0.266. The summed E-state index contributed by atoms with van der Waals surface area (Å²) in [6.45, 7) is 3.05. The van der Waals surface area contributed by atoms with Crippen molar-refractivity contribution >= 4 is 49.7 Å². The summed E-state index contributed by atoms with van der Waals surface area (Å²) in [6, 6.07) is 13.4. The molecule has 0 radical (unpaired) electrons. The molecule has 0 spiro atoms. The number of pyridine rings is 1. The van der Waals surface area contributed by atoms with Gasteiger partial charge in [-0.3, -0.25) is 4.79 Å². The van der Waals surface area contributed by atoms with Crippen molar-refractivity contribution < 1.29 is 14.3 Å². The van der Waals surface area contributed by atoms with Crippen LogP contribution in [-0.2, 0) is 0 Å². The molecule has 4 aromatic rings. The molecule has 0 saturated carbocycles. The number of rotatable bonds is 2. The molecule has 2 aromatic heterocycles. The Morgan fingerprint density at radius 3 is 2.79 bits per heavy atom. The number of aryl methyl sites for hydroxylation is 1. The van der Waals surface area contributed by atoms with Gasteiger partial charge in [-0.1, -0.05) is 12.1 Å². The number of fused-ring (bicyclic) bond motifs is 3. The van der Waals surface area contributed by atoms with E-state index in [9.17, 15) is 4.79 Å². The molecule has 1 amide bonds. The molecule has 28 heavy (non-hydrogen) atoms. The van der Waals surface area contributed by atoms with Gasteiger partial charge in [0.1, 0.15) is 22.9 Å². The maximum atomic E-state index is 12.8. The third-order valence-electron chi connectivity index (χ3n) is 4.68. The molecular formula is C21H17N3O3S. The van der Waals surface area contributed by atoms with E-state index in [4.69, 9.17) is 15.2 Å². The molecule has 1 aliphatic heterocycles. The van der Waals surface area contributed by atoms with Gasteiger partial charge in [-0.2, -0.15) is 0 Å². The van der Waals surface area contributed by atoms with E-state index < -0.39 is 0 Å². The molecule has 140 valence electrons. The second-order valence-electron chi connectivity index (χ2n) is 6.69. The Hall–Kier alpha value is -3.32. The van der Waals surface area contributed by atoms with E-state index in [1.807, 2.05) is 31.2 Å². The Morgan fingerprint density at radius 2 is 1.93 bits per heavy atom. The van der Waals surface area contributed by atoms with Gasteiger partial charge in [0.25, 0.3) is 5.91 Å². The molecular weight excluding hydrogens is 374 g/mol. The maximum Gasteiger partial charge on any atom is 0.267 e. The summed E-state index contributed by atoms with van der Waals surface area (Å²) in [7, 11) is 0. The van der Waals surface area contributed by atoms with Gasteiger partial charge in [-0.05, 0) is 36.8 Å². The molecule has 0 atom stereocenters. The minimum absolute atomic E-state index is 0.266. The first-order valence-electron chi connectivity index (χ1n) is 8.89. The van der Waals surface area contributed by atoms with E-state index in [-0.39, 0.29) is 5.91 Å². The molecule has 2 aromatic carbocycles. The summed E-state index contributed by atoms with van der Waals surface area (Å²) < 4.78 is 11.1. The van der Waals surface area contributed by atoms with E-state index >= 15 is 0 Å². The topological polar surface area (TPSA) is 86.5 Å². The highest BCUT2D eigenvalue weighted by atomic mass is 32.1. The molecule has 7 heteroatoms. The van der Waals surface area contributed by atoms with Crippen LogP contribution in [0.15, 0.2) is 42.5 Å². The highest BCUT2D eigenvalue weighted by molar-refractivity contribution is 7.21. The van der Waals surface area contributed by atoms with Crippen LogP contribution in [0.2, 0.25) is 0 Å². The first-order valence-corrected chi connectivity index (χ1v) is 9.70. The van der Waals surface area contributed by atoms with Crippen molar-refractivity contribution in [1.29, 1.82) is 0 Å². The average molecular weight is 391 g/mol. The number of anilines is 2. The van der Waals surface area contributed by atoms with Crippen LogP contribution in [0.5, 0.6) is 11.5 Å². The second kappa shape index (κ2) is 6.38. The molecule has 0 fully saturated rings. The zero-order chi connectivity index (χ0) is 19.3. The van der Waals surface area contributed by atoms with Crippen molar-refractivity contribution in [3.05, 3.63) is 52.9 Å². The maximum absolute atomic E-state index is 12.8. The van der Waals surface area contributed by atoms with Gasteiger partial charge in [0.2, 0.25) is 0 Å². The number of nitrogens with one attached hydrogen (secondary N) is 1. The normalized spacial score (nSPS) is 13.0. The van der Waals surface area contributed by atoms with Crippen LogP contribution in [0.3, 0.4) is 0 Å². The number of nitrogen functional groups attached to an aromatic ring is 1. The Balaban J connectivity index is 1.50. The van der Waals surface area contributed by atoms with Gasteiger partial charge >= 0.3 is 0 Å². The Morgan fingerprint density at radius 1 is 1.11 bits per heavy atom. The lowest BCUT2D eigenvalue weighted by Crippen LogP contribution is -2.16. The molecule has 5 rings (SSSR count). The first-order chi connectivity index (χ1) is 13.6. The number of carbonyl (C=O) groups is 1. The molecule has 6 nitrogen and oxygen atoms in total. The molecule has 3 heterocycles. The van der Waals surface area contributed by atoms with E-state index in [1.165, 1.54) is 11.3 Å². The quantitative estimate of drug-likeness (QED) is 0.530. The van der Waals surface area contributed by atoms with Crippen LogP contribution in [0.4, 0.5) is 11.4 Å². The summed E-state index contributed by atoms with van der Waals surface area (Å²) in [5.74, 6) is 1.03. The number of ether oxygens (including phenoxy) is 2. The van der Waals surface area contributed by atoms with E-state index in [1.54, 1.807) is 18.2 Å². The van der Waals surface area contributed by atoms with E-state index in [2.05, 4.69) is 10.3 Å². The number of amides is 1. The number of carbonyl (C=O) groups excluding carboxylic acids is 1. The van der Waals surface area contributed by atoms with Crippen LogP contribution in [0, 0.1) is 6.92 Å². The van der Waals surface area contributed by atoms with Crippen molar-refractivity contribution in [2.24, 2.45) is 0 Å². The summed E-state index contributed by atoms with van der Waals surface area (Å²) in [6.07, 6.45) is 0. The average Bonchev–Trinajstić information content (AvgIpc) is 3.02. The van der Waals surface area contributed by atoms with Crippen molar-refractivity contribution in [1.82, 2.24) is 4.98 Å². The fraction of sp³-hybridized carbons (Fsp3) is 0.143. The van der Waals surface area contributed by atoms with Gasteiger partial charge in [0.15, 0.2) is 11.5 Å². The smallest absolute Gasteiger partial charge is 0.267 e. The lowest BCUT2D eigenvalue weighted by atomic mass is 10.1. The molecule has 0 bridgehead atoms. The lowest BCUT2D eigenvalue weighted by molar-refractivity contribution is 0.103. The third kappa shape index (κ3) is 2.80. The van der Waals surface area contributed by atoms with E-state index in [0.717, 1.165) is 26.7 Å². The zero-order valence-electron chi connectivity index (χ0n) is 15.1. The van der Waals surface area contributed by atoms with Crippen LogP contribution >= 0.6 is 11.3 Å². The monoisotopic (exact) mass is 391 g/mol. The van der Waals surface area contributed by atoms with Gasteiger partial charge in [-0.15, -0.1) is 11.3 Å². The largest absolute Gasteiger partial charge is 0.486 e. The fourth-order valence-corrected chi connectivity index (χ4v) is 4.26. The molecule has 0 saturated heterocycles. The molecule has 3 N–H and O–H groups in total. The molecule has 0 aliphatic carbocycles. The lowest BCUT2D eigenvalue weighted by Gasteiger charge is -2.18. The summed E-state index contributed by atoms with van der Waals surface area (Å²) >= 11 is 1.30. The van der Waals surface area contributed by atoms with Crippen LogP contribution in [0.25, 0.3) is 21.1 Å². The Bertz CT molecular complexity index is 1250. The molecule has 0 unspecified atom stereocenters. The Labute approximate surface area is 164 Å². The van der Waals surface area contributed by atoms with Crippen molar-refractivity contribution in [2.45, 2.75) is 6.92 Å². The SMILES string of the molecule is Cc1ccc2cc3c(N)c(C(=O)Nc4ccc5c(c4)OCCO5)sc3nc2c1. The van der Waals surface area contributed by atoms with Gasteiger partial charge in [-0.25, -0.2) is 4.98 Å². The third-order valence-corrected chi connectivity index (χ3v) is 5.79. The number of nitrogens with zero attached hydrogens (tertiary/aromatic N) is 1. The first kappa shape index (κ1) is 16.8. The fourth-order valence-electron chi connectivity index (χ4n) is 3.28. The van der Waals surface area contributed by atoms with Gasteiger partial charge in [0, 0.05) is 22.5 Å². The highest BCUT2D eigenvalue weighted by Gasteiger charge is 2.19. The highest BCUT2D eigenvalue weighted by Crippen LogP contribution is 2.36. The number of thiophene rings is 1. The van der Waals surface area contributed by atoms with Crippen molar-refractivity contribution in [2.75, 3.05) is 24.3 Å². The van der Waals surface area contributed by atoms with Crippen molar-refractivity contribution in [3.8, 4) is 11.5 Å². The standard InChI is InChI=1S/C21H17N3O3S/c1-11-2-3-12-9-14-18(22)19(28-21(14)24-15(12)8-11)20(25)23-13-4-5-16-17(10-13)27-7-6-26-16/h2-5,8-10H,6-7,22H2,1H3,(H,23,25). The van der Waals surface area contributed by atoms with Crippen molar-refractivity contribution in [3.63, 3.8) is 0 Å². The van der Waals surface area contributed by atoms with Crippen LogP contribution in [-0.4, -0.2) is 24.1 Å². The van der Waals surface area contributed by atoms with Crippen LogP contribution < -0.4 is 20.5 Å². The second-order valence-corrected chi connectivity index (χ2v) is 7.69. The number of aromatic nitrogens is 1. The number of benzene rings is 2. The number of hydrogen-bond donors (Lipinski definition) is 2. The minimum Gasteiger partial charge on any atom is -0.486 e. The van der Waals surface area contributed by atoms with Gasteiger partial charge < -0.3 is 20.5 Å². The summed E-state index contributed by atoms with van der Waals surface area (Å²) in [4.78, 5) is 18.7. The van der Waals surface area contributed by atoms with E-state index in [0.29, 0.717) is 41.0 Å². The predicted octanol–water partition coefficient (Wildman–Crippen LogP) is 4.36. The zero-order valence-corrected chi connectivity index (χ0v) is 15.9. The molecule has 1 aliphatic rings. The summed E-state index contributed by atoms with van der Waals surface area (Å²) in [5, 5.41) is 4.69. The predicted molar refractivity (Wildman–Crippen MR) is 112 cm³/mol. The number of hydrogen-bond acceptors (Lipinski definition) is 6.